The molecule has 21 heavy (non-hydrogen) atoms. The molecule has 2 rings (SSSR count). The van der Waals surface area contributed by atoms with Crippen LogP contribution in [0.4, 0.5) is 0 Å². The topological polar surface area (TPSA) is 61.4 Å². The molecule has 0 unspecified atom stereocenters. The van der Waals surface area contributed by atoms with Crippen LogP contribution in [0.25, 0.3) is 0 Å². The summed E-state index contributed by atoms with van der Waals surface area (Å²) in [6.07, 6.45) is 1.36. The monoisotopic (exact) mass is 309 g/mol. The maximum atomic E-state index is 12.1. The lowest BCUT2D eigenvalue weighted by molar-refractivity contribution is -0.131. The van der Waals surface area contributed by atoms with Crippen LogP contribution in [-0.2, 0) is 22.6 Å². The number of carbonyl (C=O) groups is 2. The van der Waals surface area contributed by atoms with E-state index in [0.29, 0.717) is 26.1 Å². The molecule has 0 saturated carbocycles. The van der Waals surface area contributed by atoms with Crippen molar-refractivity contribution < 1.29 is 9.59 Å². The van der Waals surface area contributed by atoms with Crippen molar-refractivity contribution in [2.45, 2.75) is 39.3 Å². The van der Waals surface area contributed by atoms with E-state index in [-0.39, 0.29) is 17.9 Å². The number of hydrogen-bond acceptors (Lipinski definition) is 4. The second kappa shape index (κ2) is 7.56. The highest BCUT2D eigenvalue weighted by molar-refractivity contribution is 7.10. The molecule has 2 heterocycles. The number of hydrogen-bond donors (Lipinski definition) is 2. The zero-order valence-electron chi connectivity index (χ0n) is 12.6. The molecule has 5 nitrogen and oxygen atoms in total. The van der Waals surface area contributed by atoms with Gasteiger partial charge in [0.2, 0.25) is 11.8 Å². The fourth-order valence-corrected chi connectivity index (χ4v) is 3.25. The van der Waals surface area contributed by atoms with Crippen molar-refractivity contribution in [3.63, 3.8) is 0 Å². The molecule has 2 N–H and O–H groups in total. The minimum absolute atomic E-state index is 0.0193. The van der Waals surface area contributed by atoms with Crippen LogP contribution in [0.3, 0.4) is 0 Å². The van der Waals surface area contributed by atoms with Crippen molar-refractivity contribution >= 4 is 23.2 Å². The second-order valence-electron chi connectivity index (χ2n) is 5.58. The highest BCUT2D eigenvalue weighted by Crippen LogP contribution is 2.23. The lowest BCUT2D eigenvalue weighted by Gasteiger charge is -2.27. The van der Waals surface area contributed by atoms with Crippen molar-refractivity contribution in [1.29, 1.82) is 0 Å². The molecule has 1 aromatic heterocycles. The first-order valence-electron chi connectivity index (χ1n) is 7.39. The molecule has 0 bridgehead atoms. The Balaban J connectivity index is 1.65. The maximum absolute atomic E-state index is 12.1. The summed E-state index contributed by atoms with van der Waals surface area (Å²) in [5.74, 6) is 0.127. The van der Waals surface area contributed by atoms with Gasteiger partial charge in [-0.2, -0.15) is 0 Å². The zero-order valence-corrected chi connectivity index (χ0v) is 13.5. The SMILES string of the molecule is CC(C)NC(=O)CCNCC(=O)N1CCc2sccc2C1. The van der Waals surface area contributed by atoms with Crippen LogP contribution in [0.5, 0.6) is 0 Å². The lowest BCUT2D eigenvalue weighted by atomic mass is 10.1. The highest BCUT2D eigenvalue weighted by Gasteiger charge is 2.20. The quantitative estimate of drug-likeness (QED) is 0.775. The Hall–Kier alpha value is -1.40. The van der Waals surface area contributed by atoms with Gasteiger partial charge in [-0.05, 0) is 37.3 Å². The van der Waals surface area contributed by atoms with Crippen molar-refractivity contribution in [3.8, 4) is 0 Å². The molecule has 0 aliphatic carbocycles. The van der Waals surface area contributed by atoms with Gasteiger partial charge < -0.3 is 15.5 Å². The number of thiophene rings is 1. The molecule has 0 fully saturated rings. The van der Waals surface area contributed by atoms with Gasteiger partial charge in [-0.3, -0.25) is 9.59 Å². The van der Waals surface area contributed by atoms with Gasteiger partial charge in [-0.15, -0.1) is 11.3 Å². The summed E-state index contributed by atoms with van der Waals surface area (Å²) >= 11 is 1.77. The zero-order chi connectivity index (χ0) is 15.2. The van der Waals surface area contributed by atoms with Crippen LogP contribution in [-0.4, -0.2) is 42.4 Å². The minimum Gasteiger partial charge on any atom is -0.354 e. The van der Waals surface area contributed by atoms with Crippen molar-refractivity contribution in [2.75, 3.05) is 19.6 Å². The number of rotatable bonds is 6. The normalized spacial score (nSPS) is 14.1. The van der Waals surface area contributed by atoms with Crippen molar-refractivity contribution in [2.24, 2.45) is 0 Å². The Kier molecular flexibility index (Phi) is 5.76. The molecule has 0 spiro atoms. The molecule has 2 amide bonds. The summed E-state index contributed by atoms with van der Waals surface area (Å²) in [6.45, 7) is 6.21. The fraction of sp³-hybridized carbons (Fsp3) is 0.600. The molecule has 1 aliphatic rings. The summed E-state index contributed by atoms with van der Waals surface area (Å²) < 4.78 is 0. The average Bonchev–Trinajstić information content (AvgIpc) is 2.89. The predicted molar refractivity (Wildman–Crippen MR) is 84.2 cm³/mol. The van der Waals surface area contributed by atoms with E-state index in [4.69, 9.17) is 0 Å². The van der Waals surface area contributed by atoms with Gasteiger partial charge in [0.1, 0.15) is 0 Å². The van der Waals surface area contributed by atoms with Crippen LogP contribution in [0.1, 0.15) is 30.7 Å². The number of carbonyl (C=O) groups excluding carboxylic acids is 2. The van der Waals surface area contributed by atoms with Gasteiger partial charge in [-0.1, -0.05) is 0 Å². The van der Waals surface area contributed by atoms with E-state index in [1.165, 1.54) is 10.4 Å². The summed E-state index contributed by atoms with van der Waals surface area (Å²) in [5.41, 5.74) is 1.27. The average molecular weight is 309 g/mol. The Bertz CT molecular complexity index is 499. The summed E-state index contributed by atoms with van der Waals surface area (Å²) in [6, 6.07) is 2.26. The van der Waals surface area contributed by atoms with E-state index in [2.05, 4.69) is 22.1 Å². The van der Waals surface area contributed by atoms with Crippen molar-refractivity contribution in [3.05, 3.63) is 21.9 Å². The third-order valence-electron chi connectivity index (χ3n) is 3.42. The Morgan fingerprint density at radius 2 is 2.24 bits per heavy atom. The molecule has 116 valence electrons. The van der Waals surface area contributed by atoms with E-state index in [0.717, 1.165) is 13.0 Å². The number of nitrogens with one attached hydrogen (secondary N) is 2. The van der Waals surface area contributed by atoms with Crippen LogP contribution >= 0.6 is 11.3 Å². The minimum atomic E-state index is 0.0193. The molecular weight excluding hydrogens is 286 g/mol. The van der Waals surface area contributed by atoms with Gasteiger partial charge in [0.25, 0.3) is 0 Å². The predicted octanol–water partition coefficient (Wildman–Crippen LogP) is 1.14. The van der Waals surface area contributed by atoms with Gasteiger partial charge in [0, 0.05) is 37.0 Å². The van der Waals surface area contributed by atoms with Gasteiger partial charge in [-0.25, -0.2) is 0 Å². The first kappa shape index (κ1) is 16.0. The molecule has 6 heteroatoms. The molecule has 0 radical (unpaired) electrons. The number of amides is 2. The van der Waals surface area contributed by atoms with E-state index in [1.807, 2.05) is 18.7 Å². The lowest BCUT2D eigenvalue weighted by Crippen LogP contribution is -2.41. The summed E-state index contributed by atoms with van der Waals surface area (Å²) in [4.78, 5) is 26.9. The first-order valence-corrected chi connectivity index (χ1v) is 8.27. The summed E-state index contributed by atoms with van der Waals surface area (Å²) in [5, 5.41) is 7.97. The van der Waals surface area contributed by atoms with Crippen LogP contribution in [0, 0.1) is 0 Å². The summed E-state index contributed by atoms with van der Waals surface area (Å²) in [7, 11) is 0. The van der Waals surface area contributed by atoms with E-state index in [1.54, 1.807) is 11.3 Å². The molecule has 0 aromatic carbocycles. The molecule has 1 aliphatic heterocycles. The van der Waals surface area contributed by atoms with Gasteiger partial charge in [0.15, 0.2) is 0 Å². The molecule has 0 saturated heterocycles. The molecular formula is C15H23N3O2S. The third kappa shape index (κ3) is 4.82. The van der Waals surface area contributed by atoms with Crippen LogP contribution < -0.4 is 10.6 Å². The van der Waals surface area contributed by atoms with E-state index < -0.39 is 0 Å². The fourth-order valence-electron chi connectivity index (χ4n) is 2.36. The maximum Gasteiger partial charge on any atom is 0.236 e. The number of fused-ring (bicyclic) bond motifs is 1. The van der Waals surface area contributed by atoms with E-state index in [9.17, 15) is 9.59 Å². The smallest absolute Gasteiger partial charge is 0.236 e. The van der Waals surface area contributed by atoms with Crippen molar-refractivity contribution in [1.82, 2.24) is 15.5 Å². The van der Waals surface area contributed by atoms with E-state index >= 15 is 0 Å². The molecule has 1 aromatic rings. The second-order valence-corrected chi connectivity index (χ2v) is 6.58. The molecule has 0 atom stereocenters. The Morgan fingerprint density at radius 3 is 3.00 bits per heavy atom. The Labute approximate surface area is 129 Å². The van der Waals surface area contributed by atoms with Gasteiger partial charge >= 0.3 is 0 Å². The number of nitrogens with zero attached hydrogens (tertiary/aromatic N) is 1. The van der Waals surface area contributed by atoms with Crippen LogP contribution in [0.2, 0.25) is 0 Å². The highest BCUT2D eigenvalue weighted by atomic mass is 32.1. The first-order chi connectivity index (χ1) is 10.1. The van der Waals surface area contributed by atoms with Crippen LogP contribution in [0.15, 0.2) is 11.4 Å². The Morgan fingerprint density at radius 1 is 1.43 bits per heavy atom. The van der Waals surface area contributed by atoms with Gasteiger partial charge in [0.05, 0.1) is 6.54 Å². The third-order valence-corrected chi connectivity index (χ3v) is 4.44. The standard InChI is InChI=1S/C15H23N3O2S/c1-11(2)17-14(19)3-6-16-9-15(20)18-7-4-13-12(10-18)5-8-21-13/h5,8,11,16H,3-4,6-7,9-10H2,1-2H3,(H,17,19). The largest absolute Gasteiger partial charge is 0.354 e.